The number of hydrogen-bond donors (Lipinski definition) is 2. The van der Waals surface area contributed by atoms with Crippen molar-refractivity contribution >= 4 is 28.9 Å². The first-order valence-corrected chi connectivity index (χ1v) is 8.48. The van der Waals surface area contributed by atoms with Crippen LogP contribution in [-0.4, -0.2) is 21.4 Å². The molecule has 132 valence electrons. The van der Waals surface area contributed by atoms with E-state index in [1.807, 2.05) is 36.4 Å². The molecule has 0 aliphatic heterocycles. The highest BCUT2D eigenvalue weighted by molar-refractivity contribution is 6.44. The monoisotopic (exact) mass is 388 g/mol. The molecule has 0 saturated heterocycles. The number of benzene rings is 2. The summed E-state index contributed by atoms with van der Waals surface area (Å²) in [5, 5.41) is 30.6. The van der Waals surface area contributed by atoms with Crippen molar-refractivity contribution in [2.24, 2.45) is 0 Å². The van der Waals surface area contributed by atoms with E-state index >= 15 is 0 Å². The van der Waals surface area contributed by atoms with Gasteiger partial charge in [0, 0.05) is 5.56 Å². The van der Waals surface area contributed by atoms with Crippen LogP contribution in [0.2, 0.25) is 10.0 Å². The summed E-state index contributed by atoms with van der Waals surface area (Å²) in [4.78, 5) is 0. The van der Waals surface area contributed by atoms with Crippen LogP contribution in [0.4, 0.5) is 5.69 Å². The largest absolute Gasteiger partial charge is 0.418 e. The zero-order chi connectivity index (χ0) is 18.7. The van der Waals surface area contributed by atoms with Crippen LogP contribution in [0.15, 0.2) is 46.9 Å². The Morgan fingerprint density at radius 1 is 1.12 bits per heavy atom. The molecule has 2 atom stereocenters. The molecule has 6 nitrogen and oxygen atoms in total. The Hall–Kier alpha value is -2.59. The third-order valence-corrected chi connectivity index (χ3v) is 4.61. The number of aromatic nitrogens is 2. The summed E-state index contributed by atoms with van der Waals surface area (Å²) >= 11 is 12.3. The number of rotatable bonds is 5. The molecule has 26 heavy (non-hydrogen) atoms. The predicted octanol–water partition coefficient (Wildman–Crippen LogP) is 4.45. The van der Waals surface area contributed by atoms with E-state index in [0.29, 0.717) is 11.6 Å². The summed E-state index contributed by atoms with van der Waals surface area (Å²) in [6, 6.07) is 13.7. The van der Waals surface area contributed by atoms with Gasteiger partial charge in [0.1, 0.15) is 12.1 Å². The van der Waals surface area contributed by atoms with Crippen LogP contribution in [0.5, 0.6) is 0 Å². The van der Waals surface area contributed by atoms with Crippen LogP contribution < -0.4 is 5.32 Å². The van der Waals surface area contributed by atoms with Crippen LogP contribution in [0, 0.1) is 11.3 Å². The highest BCUT2D eigenvalue weighted by Gasteiger charge is 2.25. The third kappa shape index (κ3) is 3.65. The van der Waals surface area contributed by atoms with Crippen molar-refractivity contribution in [2.45, 2.75) is 19.1 Å². The first-order chi connectivity index (χ1) is 12.5. The maximum atomic E-state index is 10.1. The van der Waals surface area contributed by atoms with Gasteiger partial charge >= 0.3 is 0 Å². The Bertz CT molecular complexity index is 952. The summed E-state index contributed by atoms with van der Waals surface area (Å²) in [7, 11) is 0. The summed E-state index contributed by atoms with van der Waals surface area (Å²) in [6.07, 6.45) is -0.857. The fourth-order valence-corrected chi connectivity index (χ4v) is 2.79. The van der Waals surface area contributed by atoms with Gasteiger partial charge in [-0.25, -0.2) is 0 Å². The minimum absolute atomic E-state index is 0.138. The summed E-state index contributed by atoms with van der Waals surface area (Å²) in [6.45, 7) is 1.59. The highest BCUT2D eigenvalue weighted by Crippen LogP contribution is 2.35. The number of anilines is 1. The van der Waals surface area contributed by atoms with Crippen LogP contribution >= 0.6 is 23.2 Å². The van der Waals surface area contributed by atoms with Gasteiger partial charge in [-0.3, -0.25) is 0 Å². The van der Waals surface area contributed by atoms with Crippen molar-refractivity contribution in [3.05, 3.63) is 64.0 Å². The maximum Gasteiger partial charge on any atom is 0.247 e. The molecule has 3 aromatic rings. The lowest BCUT2D eigenvalue weighted by molar-refractivity contribution is 0.160. The zero-order valence-corrected chi connectivity index (χ0v) is 15.2. The van der Waals surface area contributed by atoms with Crippen LogP contribution in [0.1, 0.15) is 24.4 Å². The van der Waals surface area contributed by atoms with E-state index in [0.717, 1.165) is 5.56 Å². The zero-order valence-electron chi connectivity index (χ0n) is 13.6. The van der Waals surface area contributed by atoms with Crippen molar-refractivity contribution in [3.8, 4) is 17.5 Å². The van der Waals surface area contributed by atoms with E-state index in [1.165, 1.54) is 0 Å². The molecule has 0 fully saturated rings. The Morgan fingerprint density at radius 2 is 1.85 bits per heavy atom. The quantitative estimate of drug-likeness (QED) is 0.670. The van der Waals surface area contributed by atoms with Crippen molar-refractivity contribution in [1.29, 1.82) is 5.26 Å². The lowest BCUT2D eigenvalue weighted by atomic mass is 10.1. The molecule has 2 N–H and O–H groups in total. The second-order valence-electron chi connectivity index (χ2n) is 5.57. The van der Waals surface area contributed by atoms with Gasteiger partial charge < -0.3 is 14.8 Å². The number of hydrogen-bond acceptors (Lipinski definition) is 6. The van der Waals surface area contributed by atoms with Crippen molar-refractivity contribution in [1.82, 2.24) is 10.2 Å². The van der Waals surface area contributed by atoms with E-state index < -0.39 is 12.1 Å². The average molecular weight is 389 g/mol. The topological polar surface area (TPSA) is 95.0 Å². The van der Waals surface area contributed by atoms with Crippen LogP contribution in [-0.2, 0) is 0 Å². The van der Waals surface area contributed by atoms with Gasteiger partial charge in [0.15, 0.2) is 0 Å². The van der Waals surface area contributed by atoms with E-state index in [4.69, 9.17) is 32.9 Å². The predicted molar refractivity (Wildman–Crippen MR) is 99.0 cm³/mol. The molecule has 0 radical (unpaired) electrons. The van der Waals surface area contributed by atoms with Gasteiger partial charge in [-0.05, 0) is 31.2 Å². The van der Waals surface area contributed by atoms with Crippen LogP contribution in [0.25, 0.3) is 11.5 Å². The normalized spacial score (nSPS) is 13.0. The average Bonchev–Trinajstić information content (AvgIpc) is 3.13. The summed E-state index contributed by atoms with van der Waals surface area (Å²) < 4.78 is 5.71. The molecular formula is C18H14Cl2N4O2. The van der Waals surface area contributed by atoms with Crippen molar-refractivity contribution in [2.75, 3.05) is 5.32 Å². The van der Waals surface area contributed by atoms with Gasteiger partial charge in [0.25, 0.3) is 0 Å². The highest BCUT2D eigenvalue weighted by atomic mass is 35.5. The fourth-order valence-electron chi connectivity index (χ4n) is 2.36. The number of nitrogens with one attached hydrogen (secondary N) is 1. The second kappa shape index (κ2) is 7.75. The molecule has 0 amide bonds. The molecule has 0 aliphatic carbocycles. The standard InChI is InChI=1S/C18H14Cl2N4O2/c1-10(25)16(22-13-8-7-12(9-21)14(19)15(13)20)18-24-23-17(26-18)11-5-3-2-4-6-11/h2-8,10,16,22,25H,1H3/t10-,16?/m0/s1. The fraction of sp³-hybridized carbons (Fsp3) is 0.167. The SMILES string of the molecule is C[C@H](O)C(Nc1ccc(C#N)c(Cl)c1Cl)c1nnc(-c2ccccc2)o1. The third-order valence-electron chi connectivity index (χ3n) is 3.72. The van der Waals surface area contributed by atoms with Crippen molar-refractivity contribution in [3.63, 3.8) is 0 Å². The summed E-state index contributed by atoms with van der Waals surface area (Å²) in [5.74, 6) is 0.549. The molecule has 0 bridgehead atoms. The molecule has 2 aromatic carbocycles. The Kier molecular flexibility index (Phi) is 5.43. The molecule has 0 saturated carbocycles. The molecule has 1 aromatic heterocycles. The lowest BCUT2D eigenvalue weighted by Gasteiger charge is -2.20. The second-order valence-corrected chi connectivity index (χ2v) is 6.33. The van der Waals surface area contributed by atoms with E-state index in [1.54, 1.807) is 19.1 Å². The number of halogens is 2. The number of aliphatic hydroxyl groups is 1. The molecule has 0 spiro atoms. The number of aliphatic hydroxyl groups excluding tert-OH is 1. The number of nitrogens with zero attached hydrogens (tertiary/aromatic N) is 3. The van der Waals surface area contributed by atoms with Crippen molar-refractivity contribution < 1.29 is 9.52 Å². The Morgan fingerprint density at radius 3 is 2.50 bits per heavy atom. The van der Waals surface area contributed by atoms with E-state index in [-0.39, 0.29) is 21.5 Å². The van der Waals surface area contributed by atoms with Gasteiger partial charge in [0.2, 0.25) is 11.8 Å². The molecule has 8 heteroatoms. The van der Waals surface area contributed by atoms with Gasteiger partial charge in [-0.15, -0.1) is 10.2 Å². The molecule has 0 aliphatic rings. The minimum Gasteiger partial charge on any atom is -0.418 e. The molecule has 1 heterocycles. The Labute approximate surface area is 160 Å². The molecular weight excluding hydrogens is 375 g/mol. The minimum atomic E-state index is -0.857. The van der Waals surface area contributed by atoms with Gasteiger partial charge in [-0.1, -0.05) is 41.4 Å². The van der Waals surface area contributed by atoms with Gasteiger partial charge in [0.05, 0.1) is 27.4 Å². The van der Waals surface area contributed by atoms with Crippen LogP contribution in [0.3, 0.4) is 0 Å². The first kappa shape index (κ1) is 18.2. The molecule has 1 unspecified atom stereocenters. The van der Waals surface area contributed by atoms with Gasteiger partial charge in [-0.2, -0.15) is 5.26 Å². The Balaban J connectivity index is 1.91. The maximum absolute atomic E-state index is 10.1. The smallest absolute Gasteiger partial charge is 0.247 e. The molecule has 3 rings (SSSR count). The van der Waals surface area contributed by atoms with E-state index in [2.05, 4.69) is 15.5 Å². The van der Waals surface area contributed by atoms with E-state index in [9.17, 15) is 5.11 Å². The summed E-state index contributed by atoms with van der Waals surface area (Å²) in [5.41, 5.74) is 1.48. The lowest BCUT2D eigenvalue weighted by Crippen LogP contribution is -2.23. The number of nitriles is 1. The first-order valence-electron chi connectivity index (χ1n) is 7.72.